The number of amides is 2. The van der Waals surface area contributed by atoms with Gasteiger partial charge >= 0.3 is 5.97 Å². The first-order valence-electron chi connectivity index (χ1n) is 14.5. The van der Waals surface area contributed by atoms with Gasteiger partial charge in [0, 0.05) is 27.3 Å². The molecule has 0 radical (unpaired) electrons. The highest BCUT2D eigenvalue weighted by molar-refractivity contribution is 9.13. The standard InChI is InChI=1S/C34H27Br2ClN4O8S/c1-18-4-11-23(12-5-18)50(46,47)19(2)32(43)39-28-15-29(42)27(16-30(28)49-22-9-6-20(7-10-22)34(45)48-3)38-33(44)24-17-41(40-31(24)37)21-8-13-25(35)26(36)14-21/h4-17,19,42H,1-3H3,(H,38,44)(H,39,43). The van der Waals surface area contributed by atoms with Crippen LogP contribution in [0, 0.1) is 6.92 Å². The van der Waals surface area contributed by atoms with Crippen LogP contribution in [0.2, 0.25) is 5.15 Å². The monoisotopic (exact) mass is 844 g/mol. The number of aromatic nitrogens is 2. The van der Waals surface area contributed by atoms with Crippen molar-refractivity contribution in [1.82, 2.24) is 9.78 Å². The molecule has 1 unspecified atom stereocenters. The maximum atomic E-state index is 13.4. The molecule has 1 atom stereocenters. The fourth-order valence-electron chi connectivity index (χ4n) is 4.52. The molecule has 5 aromatic rings. The molecule has 0 saturated heterocycles. The second-order valence-electron chi connectivity index (χ2n) is 10.8. The third-order valence-electron chi connectivity index (χ3n) is 7.37. The average molecular weight is 847 g/mol. The van der Waals surface area contributed by atoms with Crippen molar-refractivity contribution in [3.8, 4) is 22.9 Å². The number of esters is 1. The quantitative estimate of drug-likeness (QED) is 0.0944. The smallest absolute Gasteiger partial charge is 0.337 e. The summed E-state index contributed by atoms with van der Waals surface area (Å²) in [6.45, 7) is 3.04. The van der Waals surface area contributed by atoms with E-state index < -0.39 is 38.6 Å². The topological polar surface area (TPSA) is 166 Å². The van der Waals surface area contributed by atoms with Crippen molar-refractivity contribution < 1.29 is 37.4 Å². The highest BCUT2D eigenvalue weighted by Gasteiger charge is 2.31. The van der Waals surface area contributed by atoms with E-state index in [9.17, 15) is 27.9 Å². The fourth-order valence-corrected chi connectivity index (χ4v) is 6.61. The van der Waals surface area contributed by atoms with E-state index in [0.717, 1.165) is 20.6 Å². The number of anilines is 2. The summed E-state index contributed by atoms with van der Waals surface area (Å²) in [6.07, 6.45) is 1.41. The summed E-state index contributed by atoms with van der Waals surface area (Å²) in [5.74, 6) is -2.59. The molecule has 0 aliphatic heterocycles. The zero-order valence-electron chi connectivity index (χ0n) is 26.4. The molecular formula is C34H27Br2ClN4O8S. The third kappa shape index (κ3) is 8.02. The maximum Gasteiger partial charge on any atom is 0.337 e. The number of nitrogens with one attached hydrogen (secondary N) is 2. The Kier molecular flexibility index (Phi) is 11.0. The maximum absolute atomic E-state index is 13.4. The van der Waals surface area contributed by atoms with E-state index in [1.165, 1.54) is 67.4 Å². The van der Waals surface area contributed by atoms with Crippen LogP contribution in [-0.4, -0.2) is 53.4 Å². The number of hydrogen-bond donors (Lipinski definition) is 3. The molecule has 50 heavy (non-hydrogen) atoms. The molecule has 5 rings (SSSR count). The van der Waals surface area contributed by atoms with Crippen LogP contribution < -0.4 is 15.4 Å². The molecule has 4 aromatic carbocycles. The van der Waals surface area contributed by atoms with Crippen LogP contribution in [0.1, 0.15) is 33.2 Å². The minimum atomic E-state index is -4.10. The van der Waals surface area contributed by atoms with Crippen molar-refractivity contribution in [1.29, 1.82) is 0 Å². The van der Waals surface area contributed by atoms with Gasteiger partial charge in [-0.15, -0.1) is 0 Å². The van der Waals surface area contributed by atoms with E-state index in [-0.39, 0.29) is 44.0 Å². The molecular weight excluding hydrogens is 820 g/mol. The molecule has 0 saturated carbocycles. The van der Waals surface area contributed by atoms with E-state index in [1.54, 1.807) is 37.3 Å². The van der Waals surface area contributed by atoms with Crippen molar-refractivity contribution in [2.45, 2.75) is 24.0 Å². The third-order valence-corrected chi connectivity index (χ3v) is 11.6. The lowest BCUT2D eigenvalue weighted by Gasteiger charge is -2.18. The Labute approximate surface area is 308 Å². The molecule has 258 valence electrons. The number of phenolic OH excluding ortho intramolecular Hbond substituents is 1. The Morgan fingerprint density at radius 1 is 0.920 bits per heavy atom. The Morgan fingerprint density at radius 3 is 2.24 bits per heavy atom. The minimum Gasteiger partial charge on any atom is -0.506 e. The first kappa shape index (κ1) is 36.6. The van der Waals surface area contributed by atoms with Gasteiger partial charge in [0.25, 0.3) is 5.91 Å². The van der Waals surface area contributed by atoms with Gasteiger partial charge in [-0.1, -0.05) is 29.3 Å². The first-order chi connectivity index (χ1) is 23.7. The highest BCUT2D eigenvalue weighted by atomic mass is 79.9. The number of sulfone groups is 1. The minimum absolute atomic E-state index is 0.0153. The normalized spacial score (nSPS) is 11.8. The molecule has 0 spiro atoms. The second-order valence-corrected chi connectivity index (χ2v) is 15.1. The Morgan fingerprint density at radius 2 is 1.60 bits per heavy atom. The van der Waals surface area contributed by atoms with Crippen LogP contribution in [-0.2, 0) is 19.4 Å². The van der Waals surface area contributed by atoms with Crippen LogP contribution in [0.5, 0.6) is 17.2 Å². The number of ether oxygens (including phenoxy) is 2. The van der Waals surface area contributed by atoms with E-state index >= 15 is 0 Å². The molecule has 16 heteroatoms. The predicted molar refractivity (Wildman–Crippen MR) is 194 cm³/mol. The Bertz CT molecular complexity index is 2230. The largest absolute Gasteiger partial charge is 0.506 e. The summed E-state index contributed by atoms with van der Waals surface area (Å²) in [4.78, 5) is 38.6. The number of carbonyl (C=O) groups excluding carboxylic acids is 3. The predicted octanol–water partition coefficient (Wildman–Crippen LogP) is 7.70. The number of halogens is 3. The van der Waals surface area contributed by atoms with Gasteiger partial charge in [0.05, 0.1) is 40.2 Å². The average Bonchev–Trinajstić information content (AvgIpc) is 3.49. The highest BCUT2D eigenvalue weighted by Crippen LogP contribution is 2.39. The number of phenols is 1. The molecule has 3 N–H and O–H groups in total. The van der Waals surface area contributed by atoms with Crippen LogP contribution >= 0.6 is 43.5 Å². The van der Waals surface area contributed by atoms with Crippen molar-refractivity contribution in [3.05, 3.63) is 116 Å². The van der Waals surface area contributed by atoms with Crippen molar-refractivity contribution in [2.24, 2.45) is 0 Å². The summed E-state index contributed by atoms with van der Waals surface area (Å²) < 4.78 is 40.2. The number of methoxy groups -OCH3 is 1. The van der Waals surface area contributed by atoms with Gasteiger partial charge in [-0.2, -0.15) is 5.10 Å². The Hall–Kier alpha value is -4.70. The number of hydrogen-bond acceptors (Lipinski definition) is 9. The molecule has 2 amide bonds. The van der Waals surface area contributed by atoms with Crippen molar-refractivity contribution in [3.63, 3.8) is 0 Å². The van der Waals surface area contributed by atoms with Crippen LogP contribution in [0.25, 0.3) is 5.69 Å². The van der Waals surface area contributed by atoms with E-state index in [0.29, 0.717) is 5.69 Å². The second kappa shape index (κ2) is 15.0. The van der Waals surface area contributed by atoms with Crippen LogP contribution in [0.3, 0.4) is 0 Å². The molecule has 1 heterocycles. The molecule has 0 aliphatic rings. The number of carbonyl (C=O) groups is 3. The van der Waals surface area contributed by atoms with Crippen molar-refractivity contribution >= 4 is 82.5 Å². The molecule has 1 aromatic heterocycles. The van der Waals surface area contributed by atoms with Gasteiger partial charge in [-0.05, 0) is 100 Å². The molecule has 0 aliphatic carbocycles. The van der Waals surface area contributed by atoms with Gasteiger partial charge in [0.2, 0.25) is 5.91 Å². The van der Waals surface area contributed by atoms with Gasteiger partial charge < -0.3 is 25.2 Å². The molecule has 0 fully saturated rings. The number of rotatable bonds is 10. The van der Waals surface area contributed by atoms with Crippen LogP contribution in [0.4, 0.5) is 11.4 Å². The number of benzene rings is 4. The summed E-state index contributed by atoms with van der Waals surface area (Å²) in [5, 5.41) is 18.6. The number of aromatic hydroxyl groups is 1. The SMILES string of the molecule is COC(=O)c1ccc(Oc2cc(NC(=O)c3cn(-c4ccc(Br)c(Br)c4)nc3Cl)c(O)cc2NC(=O)C(C)S(=O)(=O)c2ccc(C)cc2)cc1. The number of nitrogens with zero attached hydrogens (tertiary/aromatic N) is 2. The van der Waals surface area contributed by atoms with Crippen molar-refractivity contribution in [2.75, 3.05) is 17.7 Å². The lowest BCUT2D eigenvalue weighted by Crippen LogP contribution is -2.32. The summed E-state index contributed by atoms with van der Waals surface area (Å²) in [5.41, 5.74) is 1.44. The number of aryl methyl sites for hydroxylation is 1. The lowest BCUT2D eigenvalue weighted by molar-refractivity contribution is -0.115. The van der Waals surface area contributed by atoms with Gasteiger partial charge in [0.15, 0.2) is 20.7 Å². The fraction of sp³-hybridized carbons (Fsp3) is 0.118. The van der Waals surface area contributed by atoms with E-state index in [1.807, 2.05) is 0 Å². The van der Waals surface area contributed by atoms with E-state index in [2.05, 4.69) is 47.6 Å². The molecule has 12 nitrogen and oxygen atoms in total. The van der Waals surface area contributed by atoms with Gasteiger partial charge in [0.1, 0.15) is 16.7 Å². The summed E-state index contributed by atoms with van der Waals surface area (Å²) >= 11 is 13.2. The van der Waals surface area contributed by atoms with E-state index in [4.69, 9.17) is 21.1 Å². The summed E-state index contributed by atoms with van der Waals surface area (Å²) in [6, 6.07) is 19.5. The van der Waals surface area contributed by atoms with Gasteiger partial charge in [-0.25, -0.2) is 17.9 Å². The lowest BCUT2D eigenvalue weighted by atomic mass is 10.2. The first-order valence-corrected chi connectivity index (χ1v) is 18.1. The molecule has 0 bridgehead atoms. The zero-order valence-corrected chi connectivity index (χ0v) is 31.1. The van der Waals surface area contributed by atoms with Crippen LogP contribution in [0.15, 0.2) is 98.9 Å². The summed E-state index contributed by atoms with van der Waals surface area (Å²) in [7, 11) is -2.85. The zero-order chi connectivity index (χ0) is 36.3. The van der Waals surface area contributed by atoms with Gasteiger partial charge in [-0.3, -0.25) is 9.59 Å². The Balaban J connectivity index is 1.46.